The number of anilines is 3. The quantitative estimate of drug-likeness (QED) is 0.176. The van der Waals surface area contributed by atoms with Gasteiger partial charge in [0.15, 0.2) is 0 Å². The van der Waals surface area contributed by atoms with Gasteiger partial charge in [0, 0.05) is 49.5 Å². The van der Waals surface area contributed by atoms with E-state index in [-0.39, 0.29) is 10.8 Å². The molecule has 2 heteroatoms. The second-order valence-corrected chi connectivity index (χ2v) is 19.5. The first-order valence-corrected chi connectivity index (χ1v) is 23.0. The third-order valence-electron chi connectivity index (χ3n) is 15.7. The molecule has 10 aromatic carbocycles. The molecule has 0 bridgehead atoms. The van der Waals surface area contributed by atoms with Crippen molar-refractivity contribution in [3.8, 4) is 44.9 Å². The van der Waals surface area contributed by atoms with Gasteiger partial charge in [0.1, 0.15) is 11.5 Å². The lowest BCUT2D eigenvalue weighted by molar-refractivity contribution is 0.447. The van der Waals surface area contributed by atoms with E-state index < -0.39 is 5.41 Å². The van der Waals surface area contributed by atoms with Gasteiger partial charge >= 0.3 is 0 Å². The molecule has 0 fully saturated rings. The summed E-state index contributed by atoms with van der Waals surface area (Å²) in [6.45, 7) is 9.50. The summed E-state index contributed by atoms with van der Waals surface area (Å²) in [7, 11) is 0. The summed E-state index contributed by atoms with van der Waals surface area (Å²) in [5.41, 5.74) is 20.6. The Morgan fingerprint density at radius 3 is 1.43 bits per heavy atom. The lowest BCUT2D eigenvalue weighted by Gasteiger charge is -2.40. The third kappa shape index (κ3) is 4.59. The van der Waals surface area contributed by atoms with E-state index in [9.17, 15) is 0 Å². The molecule has 14 rings (SSSR count). The molecule has 3 aliphatic carbocycles. The fraction of sp³-hybridized carbons (Fsp3) is 0.111. The first-order chi connectivity index (χ1) is 31.8. The second-order valence-electron chi connectivity index (χ2n) is 19.5. The largest absolute Gasteiger partial charge is 0.455 e. The van der Waals surface area contributed by atoms with E-state index >= 15 is 0 Å². The molecule has 2 nitrogen and oxygen atoms in total. The molecule has 10 aromatic rings. The van der Waals surface area contributed by atoms with Crippen LogP contribution in [0.4, 0.5) is 17.1 Å². The number of nitrogens with zero attached hydrogens (tertiary/aromatic N) is 1. The van der Waals surface area contributed by atoms with Crippen molar-refractivity contribution in [1.82, 2.24) is 0 Å². The zero-order valence-electron chi connectivity index (χ0n) is 36.9. The van der Waals surface area contributed by atoms with Gasteiger partial charge in [-0.1, -0.05) is 204 Å². The van der Waals surface area contributed by atoms with E-state index in [1.807, 2.05) is 0 Å². The molecule has 4 aliphatic rings. The summed E-state index contributed by atoms with van der Waals surface area (Å²) in [5, 5.41) is 4.57. The van der Waals surface area contributed by atoms with E-state index in [1.165, 1.54) is 94.3 Å². The minimum atomic E-state index is -0.668. The topological polar surface area (TPSA) is 12.5 Å². The molecule has 0 unspecified atom stereocenters. The van der Waals surface area contributed by atoms with Gasteiger partial charge in [0.2, 0.25) is 0 Å². The Balaban J connectivity index is 1.12. The van der Waals surface area contributed by atoms with Gasteiger partial charge < -0.3 is 9.64 Å². The second kappa shape index (κ2) is 12.7. The van der Waals surface area contributed by atoms with Crippen LogP contribution in [0.5, 0.6) is 11.5 Å². The van der Waals surface area contributed by atoms with Gasteiger partial charge in [-0.15, -0.1) is 0 Å². The van der Waals surface area contributed by atoms with Gasteiger partial charge in [0.25, 0.3) is 0 Å². The van der Waals surface area contributed by atoms with Crippen molar-refractivity contribution in [3.63, 3.8) is 0 Å². The maximum atomic E-state index is 7.32. The molecule has 0 aromatic heterocycles. The molecular weight excluding hydrogens is 787 g/mol. The molecule has 0 radical (unpaired) electrons. The van der Waals surface area contributed by atoms with Gasteiger partial charge in [-0.2, -0.15) is 0 Å². The van der Waals surface area contributed by atoms with E-state index in [1.54, 1.807) is 0 Å². The van der Waals surface area contributed by atoms with Crippen LogP contribution >= 0.6 is 0 Å². The highest BCUT2D eigenvalue weighted by atomic mass is 16.5. The van der Waals surface area contributed by atoms with E-state index in [2.05, 4.69) is 233 Å². The Kier molecular flexibility index (Phi) is 7.21. The van der Waals surface area contributed by atoms with Gasteiger partial charge in [0.05, 0.1) is 16.8 Å². The number of rotatable bonds is 3. The molecule has 1 aliphatic heterocycles. The van der Waals surface area contributed by atoms with Crippen LogP contribution in [0.3, 0.4) is 0 Å². The molecule has 0 saturated heterocycles. The number of benzene rings is 10. The maximum absolute atomic E-state index is 7.32. The molecule has 1 spiro atoms. The van der Waals surface area contributed by atoms with Crippen LogP contribution in [-0.2, 0) is 16.2 Å². The van der Waals surface area contributed by atoms with Crippen molar-refractivity contribution in [2.75, 3.05) is 4.90 Å². The summed E-state index contributed by atoms with van der Waals surface area (Å²) in [6, 6.07) is 75.2. The van der Waals surface area contributed by atoms with E-state index in [4.69, 9.17) is 4.74 Å². The van der Waals surface area contributed by atoms with Crippen LogP contribution < -0.4 is 9.64 Å². The van der Waals surface area contributed by atoms with Crippen LogP contribution in [0.2, 0.25) is 0 Å². The fourth-order valence-corrected chi connectivity index (χ4v) is 12.8. The van der Waals surface area contributed by atoms with E-state index in [0.29, 0.717) is 0 Å². The Morgan fingerprint density at radius 2 is 0.785 bits per heavy atom. The van der Waals surface area contributed by atoms with Crippen molar-refractivity contribution < 1.29 is 4.74 Å². The summed E-state index contributed by atoms with van der Waals surface area (Å²) in [6.07, 6.45) is 0. The number of fused-ring (bicyclic) bond motifs is 19. The Hall–Kier alpha value is -7.68. The lowest BCUT2D eigenvalue weighted by atomic mass is 9.65. The van der Waals surface area contributed by atoms with Crippen LogP contribution in [-0.4, -0.2) is 0 Å². The van der Waals surface area contributed by atoms with Crippen molar-refractivity contribution >= 4 is 38.6 Å². The molecule has 308 valence electrons. The molecule has 0 amide bonds. The normalized spacial score (nSPS) is 15.6. The minimum Gasteiger partial charge on any atom is -0.455 e. The summed E-state index contributed by atoms with van der Waals surface area (Å²) in [5.74, 6) is 1.85. The third-order valence-corrected chi connectivity index (χ3v) is 15.7. The highest BCUT2D eigenvalue weighted by molar-refractivity contribution is 6.05. The zero-order valence-corrected chi connectivity index (χ0v) is 36.9. The van der Waals surface area contributed by atoms with Crippen LogP contribution in [0.1, 0.15) is 72.2 Å². The number of hydrogen-bond acceptors (Lipinski definition) is 2. The van der Waals surface area contributed by atoms with Crippen molar-refractivity contribution in [1.29, 1.82) is 0 Å². The molecule has 0 saturated carbocycles. The SMILES string of the molecule is CC1(C)c2ccccc2-c2cc(N(c3cccc4c3-c3ccccc3C4(C)C)c3cccc4c3-c3ccccc3C43c4ccc5ccccc5c4Oc4c3ccc3ccccc43)ccc21. The standard InChI is InChI=1S/C63H45NO/c1-61(2)47-24-12-9-21-43(47)46-37-40(33-36-49(46)61)64(55-29-15-27-51-57(55)44-22-10-13-25-48(44)62(51,3)4)56-30-16-28-52-58(56)45-23-11-14-26-50(45)63(52)53-34-31-38-17-5-7-19-41(38)59(53)65-60-42-20-8-6-18-39(42)32-35-54(60)63/h5-37H,1-4H3. The number of ether oxygens (including phenoxy) is 1. The minimum absolute atomic E-state index is 0.107. The maximum Gasteiger partial charge on any atom is 0.140 e. The lowest BCUT2D eigenvalue weighted by Crippen LogP contribution is -2.32. The molecule has 65 heavy (non-hydrogen) atoms. The van der Waals surface area contributed by atoms with Gasteiger partial charge in [-0.25, -0.2) is 0 Å². The average molecular weight is 832 g/mol. The van der Waals surface area contributed by atoms with Crippen LogP contribution in [0.15, 0.2) is 200 Å². The number of hydrogen-bond donors (Lipinski definition) is 0. The monoisotopic (exact) mass is 831 g/mol. The smallest absolute Gasteiger partial charge is 0.140 e. The van der Waals surface area contributed by atoms with Crippen molar-refractivity contribution in [2.24, 2.45) is 0 Å². The van der Waals surface area contributed by atoms with Crippen molar-refractivity contribution in [3.05, 3.63) is 245 Å². The van der Waals surface area contributed by atoms with E-state index in [0.717, 1.165) is 33.6 Å². The van der Waals surface area contributed by atoms with Gasteiger partial charge in [-0.3, -0.25) is 0 Å². The zero-order chi connectivity index (χ0) is 43.4. The molecule has 0 N–H and O–H groups in total. The summed E-state index contributed by atoms with van der Waals surface area (Å²) >= 11 is 0. The predicted molar refractivity (Wildman–Crippen MR) is 269 cm³/mol. The van der Waals surface area contributed by atoms with Crippen LogP contribution in [0, 0.1) is 0 Å². The van der Waals surface area contributed by atoms with Crippen molar-refractivity contribution in [2.45, 2.75) is 43.9 Å². The first-order valence-electron chi connectivity index (χ1n) is 23.0. The molecule has 1 heterocycles. The fourth-order valence-electron chi connectivity index (χ4n) is 12.8. The Bertz CT molecular complexity index is 3630. The predicted octanol–water partition coefficient (Wildman–Crippen LogP) is 16.5. The highest BCUT2D eigenvalue weighted by Gasteiger charge is 2.53. The molecular formula is C63H45NO. The first kappa shape index (κ1) is 36.8. The summed E-state index contributed by atoms with van der Waals surface area (Å²) in [4.78, 5) is 2.60. The highest BCUT2D eigenvalue weighted by Crippen LogP contribution is 2.66. The average Bonchev–Trinajstić information content (AvgIpc) is 3.87. The Labute approximate surface area is 380 Å². The van der Waals surface area contributed by atoms with Gasteiger partial charge in [-0.05, 0) is 90.7 Å². The Morgan fingerprint density at radius 1 is 0.338 bits per heavy atom. The summed E-state index contributed by atoms with van der Waals surface area (Å²) < 4.78 is 7.32. The molecule has 0 atom stereocenters. The van der Waals surface area contributed by atoms with Crippen LogP contribution in [0.25, 0.3) is 54.9 Å².